The topological polar surface area (TPSA) is 63.4 Å². The van der Waals surface area contributed by atoms with E-state index in [0.29, 0.717) is 24.6 Å². The molecule has 2 rings (SSSR count). The van der Waals surface area contributed by atoms with Gasteiger partial charge in [-0.25, -0.2) is 0 Å². The van der Waals surface area contributed by atoms with Crippen molar-refractivity contribution < 1.29 is 9.59 Å². The molecule has 5 heteroatoms. The van der Waals surface area contributed by atoms with Crippen LogP contribution in [-0.2, 0) is 11.2 Å². The molecule has 0 radical (unpaired) electrons. The first kappa shape index (κ1) is 13.9. The van der Waals surface area contributed by atoms with Gasteiger partial charge in [0.05, 0.1) is 5.25 Å². The number of imide groups is 1. The molecule has 1 unspecified atom stereocenters. The highest BCUT2D eigenvalue weighted by Crippen LogP contribution is 2.30. The van der Waals surface area contributed by atoms with E-state index in [1.54, 1.807) is 0 Å². The molecule has 0 bridgehead atoms. The Labute approximate surface area is 117 Å². The second-order valence-corrected chi connectivity index (χ2v) is 6.31. The zero-order chi connectivity index (χ0) is 14.0. The largest absolute Gasteiger partial charge is 0.399 e. The van der Waals surface area contributed by atoms with Gasteiger partial charge in [-0.2, -0.15) is 0 Å². The Kier molecular flexibility index (Phi) is 4.14. The SMILES string of the molecule is CC(C)CN1C(=O)SC(Cc2ccc(N)cc2)C1=O. The maximum absolute atomic E-state index is 12.2. The number of anilines is 1. The van der Waals surface area contributed by atoms with E-state index in [0.717, 1.165) is 17.3 Å². The van der Waals surface area contributed by atoms with Crippen LogP contribution >= 0.6 is 11.8 Å². The molecule has 2 amide bonds. The molecule has 1 aliphatic heterocycles. The predicted octanol–water partition coefficient (Wildman–Crippen LogP) is 2.53. The van der Waals surface area contributed by atoms with E-state index in [9.17, 15) is 9.59 Å². The lowest BCUT2D eigenvalue weighted by Crippen LogP contribution is -2.35. The molecule has 0 saturated carbocycles. The Bertz CT molecular complexity index is 485. The molecule has 2 N–H and O–H groups in total. The Morgan fingerprint density at radius 2 is 1.89 bits per heavy atom. The lowest BCUT2D eigenvalue weighted by molar-refractivity contribution is -0.127. The Hall–Kier alpha value is -1.49. The molecule has 0 aliphatic carbocycles. The minimum atomic E-state index is -0.296. The van der Waals surface area contributed by atoms with Crippen LogP contribution in [0, 0.1) is 5.92 Å². The summed E-state index contributed by atoms with van der Waals surface area (Å²) in [6, 6.07) is 7.43. The second-order valence-electron chi connectivity index (χ2n) is 5.16. The number of hydrogen-bond donors (Lipinski definition) is 1. The molecule has 102 valence electrons. The summed E-state index contributed by atoms with van der Waals surface area (Å²) in [6.45, 7) is 4.50. The molecule has 4 nitrogen and oxygen atoms in total. The van der Waals surface area contributed by atoms with Gasteiger partial charge in [0.2, 0.25) is 5.91 Å². The van der Waals surface area contributed by atoms with Crippen LogP contribution in [-0.4, -0.2) is 27.8 Å². The fraction of sp³-hybridized carbons (Fsp3) is 0.429. The molecule has 1 atom stereocenters. The van der Waals surface area contributed by atoms with Crippen LogP contribution in [0.25, 0.3) is 0 Å². The van der Waals surface area contributed by atoms with Gasteiger partial charge in [0.1, 0.15) is 0 Å². The number of carbonyl (C=O) groups excluding carboxylic acids is 2. The Morgan fingerprint density at radius 3 is 2.47 bits per heavy atom. The third-order valence-corrected chi connectivity index (χ3v) is 4.03. The van der Waals surface area contributed by atoms with Crippen molar-refractivity contribution in [2.75, 3.05) is 12.3 Å². The van der Waals surface area contributed by atoms with Gasteiger partial charge in [-0.05, 0) is 30.0 Å². The second kappa shape index (κ2) is 5.65. The maximum Gasteiger partial charge on any atom is 0.289 e. The van der Waals surface area contributed by atoms with Crippen LogP contribution in [0.15, 0.2) is 24.3 Å². The highest BCUT2D eigenvalue weighted by atomic mass is 32.2. The summed E-state index contributed by atoms with van der Waals surface area (Å²) < 4.78 is 0. The van der Waals surface area contributed by atoms with E-state index in [4.69, 9.17) is 5.73 Å². The first-order chi connectivity index (χ1) is 8.97. The molecule has 1 aromatic carbocycles. The fourth-order valence-electron chi connectivity index (χ4n) is 2.03. The van der Waals surface area contributed by atoms with E-state index in [1.165, 1.54) is 4.90 Å². The van der Waals surface area contributed by atoms with Crippen molar-refractivity contribution in [3.63, 3.8) is 0 Å². The number of hydrogen-bond acceptors (Lipinski definition) is 4. The van der Waals surface area contributed by atoms with Gasteiger partial charge < -0.3 is 5.73 Å². The summed E-state index contributed by atoms with van der Waals surface area (Å²) in [7, 11) is 0. The highest BCUT2D eigenvalue weighted by molar-refractivity contribution is 8.15. The molecular weight excluding hydrogens is 260 g/mol. The van der Waals surface area contributed by atoms with E-state index in [-0.39, 0.29) is 16.4 Å². The average molecular weight is 278 g/mol. The molecule has 1 aromatic rings. The first-order valence-corrected chi connectivity index (χ1v) is 7.21. The number of amides is 2. The van der Waals surface area contributed by atoms with Crippen LogP contribution in [0.4, 0.5) is 10.5 Å². The van der Waals surface area contributed by atoms with Crippen LogP contribution in [0.1, 0.15) is 19.4 Å². The van der Waals surface area contributed by atoms with Crippen LogP contribution < -0.4 is 5.73 Å². The normalized spacial score (nSPS) is 19.5. The zero-order valence-electron chi connectivity index (χ0n) is 11.1. The van der Waals surface area contributed by atoms with Crippen molar-refractivity contribution in [1.29, 1.82) is 0 Å². The van der Waals surface area contributed by atoms with Crippen molar-refractivity contribution in [3.05, 3.63) is 29.8 Å². The molecule has 1 heterocycles. The number of carbonyl (C=O) groups is 2. The van der Waals surface area contributed by atoms with Crippen LogP contribution in [0.5, 0.6) is 0 Å². The number of rotatable bonds is 4. The Morgan fingerprint density at radius 1 is 1.26 bits per heavy atom. The number of benzene rings is 1. The van der Waals surface area contributed by atoms with Gasteiger partial charge in [0, 0.05) is 12.2 Å². The molecule has 19 heavy (non-hydrogen) atoms. The zero-order valence-corrected chi connectivity index (χ0v) is 11.9. The number of thioether (sulfide) groups is 1. The third kappa shape index (κ3) is 3.29. The summed E-state index contributed by atoms with van der Waals surface area (Å²) in [6.07, 6.45) is 0.574. The van der Waals surface area contributed by atoms with E-state index in [2.05, 4.69) is 0 Å². The van der Waals surface area contributed by atoms with Crippen molar-refractivity contribution in [2.45, 2.75) is 25.5 Å². The average Bonchev–Trinajstić information content (AvgIpc) is 2.60. The molecular formula is C14H18N2O2S. The standard InChI is InChI=1S/C14H18N2O2S/c1-9(2)8-16-13(17)12(19-14(16)18)7-10-3-5-11(15)6-4-10/h3-6,9,12H,7-8,15H2,1-2H3. The maximum atomic E-state index is 12.2. The quantitative estimate of drug-likeness (QED) is 0.860. The molecule has 0 aromatic heterocycles. The van der Waals surface area contributed by atoms with Gasteiger partial charge in [0.15, 0.2) is 0 Å². The monoisotopic (exact) mass is 278 g/mol. The molecule has 1 aliphatic rings. The summed E-state index contributed by atoms with van der Waals surface area (Å²) in [5.74, 6) is 0.226. The summed E-state index contributed by atoms with van der Waals surface area (Å²) >= 11 is 1.13. The van der Waals surface area contributed by atoms with E-state index < -0.39 is 0 Å². The predicted molar refractivity (Wildman–Crippen MR) is 77.9 cm³/mol. The molecule has 1 saturated heterocycles. The van der Waals surface area contributed by atoms with Gasteiger partial charge >= 0.3 is 0 Å². The minimum absolute atomic E-state index is 0.0690. The summed E-state index contributed by atoms with van der Waals surface area (Å²) in [5.41, 5.74) is 7.35. The van der Waals surface area contributed by atoms with Crippen molar-refractivity contribution in [3.8, 4) is 0 Å². The van der Waals surface area contributed by atoms with Crippen molar-refractivity contribution in [2.24, 2.45) is 5.92 Å². The fourth-order valence-corrected chi connectivity index (χ4v) is 3.06. The van der Waals surface area contributed by atoms with E-state index >= 15 is 0 Å². The van der Waals surface area contributed by atoms with Crippen LogP contribution in [0.2, 0.25) is 0 Å². The summed E-state index contributed by atoms with van der Waals surface area (Å²) in [5, 5.41) is -0.422. The highest BCUT2D eigenvalue weighted by Gasteiger charge is 2.39. The van der Waals surface area contributed by atoms with Crippen LogP contribution in [0.3, 0.4) is 0 Å². The lowest BCUT2D eigenvalue weighted by Gasteiger charge is -2.16. The molecule has 1 fully saturated rings. The number of nitrogens with two attached hydrogens (primary N) is 1. The summed E-state index contributed by atoms with van der Waals surface area (Å²) in [4.78, 5) is 25.4. The van der Waals surface area contributed by atoms with Gasteiger partial charge in [-0.1, -0.05) is 37.7 Å². The third-order valence-electron chi connectivity index (χ3n) is 2.95. The Balaban J connectivity index is 2.04. The minimum Gasteiger partial charge on any atom is -0.399 e. The van der Waals surface area contributed by atoms with Crippen molar-refractivity contribution >= 4 is 28.6 Å². The lowest BCUT2D eigenvalue weighted by atomic mass is 10.1. The van der Waals surface area contributed by atoms with E-state index in [1.807, 2.05) is 38.1 Å². The smallest absolute Gasteiger partial charge is 0.289 e. The van der Waals surface area contributed by atoms with Gasteiger partial charge in [0.25, 0.3) is 5.24 Å². The van der Waals surface area contributed by atoms with Gasteiger partial charge in [-0.3, -0.25) is 14.5 Å². The molecule has 0 spiro atoms. The first-order valence-electron chi connectivity index (χ1n) is 6.33. The van der Waals surface area contributed by atoms with Crippen molar-refractivity contribution in [1.82, 2.24) is 4.90 Å². The number of nitrogen functional groups attached to an aromatic ring is 1. The van der Waals surface area contributed by atoms with Gasteiger partial charge in [-0.15, -0.1) is 0 Å². The number of nitrogens with zero attached hydrogens (tertiary/aromatic N) is 1.